The maximum Gasteiger partial charge on any atom is 0.264 e. The van der Waals surface area contributed by atoms with Crippen molar-refractivity contribution in [3.8, 4) is 0 Å². The summed E-state index contributed by atoms with van der Waals surface area (Å²) in [6.45, 7) is 1.33. The van der Waals surface area contributed by atoms with E-state index in [1.807, 2.05) is 11.4 Å². The standard InChI is InChI=1S/C9H10N2O2S/c12-8-6-11(4-3-10-8)9(13)7-2-1-5-14-7/h1-2,5H,3-4,6H2,(H,10,12). The molecule has 2 amide bonds. The first-order chi connectivity index (χ1) is 6.77. The molecule has 1 fully saturated rings. The summed E-state index contributed by atoms with van der Waals surface area (Å²) in [7, 11) is 0. The first-order valence-corrected chi connectivity index (χ1v) is 5.25. The molecule has 0 saturated carbocycles. The number of rotatable bonds is 1. The number of nitrogens with one attached hydrogen (secondary N) is 1. The van der Waals surface area contributed by atoms with E-state index < -0.39 is 0 Å². The summed E-state index contributed by atoms with van der Waals surface area (Å²) in [6.07, 6.45) is 0. The molecule has 0 unspecified atom stereocenters. The molecule has 1 saturated heterocycles. The molecule has 4 nitrogen and oxygen atoms in total. The van der Waals surface area contributed by atoms with Crippen molar-refractivity contribution in [3.63, 3.8) is 0 Å². The van der Waals surface area contributed by atoms with Crippen LogP contribution in [0.4, 0.5) is 0 Å². The molecule has 1 N–H and O–H groups in total. The van der Waals surface area contributed by atoms with Gasteiger partial charge >= 0.3 is 0 Å². The Bertz CT molecular complexity index is 348. The Morgan fingerprint density at radius 3 is 3.07 bits per heavy atom. The fraction of sp³-hybridized carbons (Fsp3) is 0.333. The molecule has 0 bridgehead atoms. The maximum atomic E-state index is 11.8. The Labute approximate surface area is 85.5 Å². The largest absolute Gasteiger partial charge is 0.353 e. The average molecular weight is 210 g/mol. The monoisotopic (exact) mass is 210 g/mol. The van der Waals surface area contributed by atoms with Gasteiger partial charge in [-0.2, -0.15) is 0 Å². The van der Waals surface area contributed by atoms with Crippen LogP contribution in [0.3, 0.4) is 0 Å². The summed E-state index contributed by atoms with van der Waals surface area (Å²) in [5.41, 5.74) is 0. The fourth-order valence-corrected chi connectivity index (χ4v) is 2.06. The van der Waals surface area contributed by atoms with Crippen LogP contribution in [0.1, 0.15) is 9.67 Å². The molecule has 0 atom stereocenters. The predicted octanol–water partition coefficient (Wildman–Crippen LogP) is 0.320. The molecule has 0 radical (unpaired) electrons. The van der Waals surface area contributed by atoms with Crippen LogP contribution in [0.15, 0.2) is 17.5 Å². The van der Waals surface area contributed by atoms with E-state index in [2.05, 4.69) is 5.32 Å². The van der Waals surface area contributed by atoms with E-state index in [9.17, 15) is 9.59 Å². The van der Waals surface area contributed by atoms with E-state index in [4.69, 9.17) is 0 Å². The fourth-order valence-electron chi connectivity index (χ4n) is 1.37. The number of carbonyl (C=O) groups excluding carboxylic acids is 2. The Morgan fingerprint density at radius 2 is 2.43 bits per heavy atom. The van der Waals surface area contributed by atoms with Gasteiger partial charge in [-0.05, 0) is 11.4 Å². The van der Waals surface area contributed by atoms with Crippen molar-refractivity contribution in [2.24, 2.45) is 0 Å². The van der Waals surface area contributed by atoms with Crippen LogP contribution in [0.5, 0.6) is 0 Å². The molecule has 5 heteroatoms. The van der Waals surface area contributed by atoms with Crippen LogP contribution < -0.4 is 5.32 Å². The van der Waals surface area contributed by atoms with Crippen LogP contribution in [-0.2, 0) is 4.79 Å². The van der Waals surface area contributed by atoms with Crippen molar-refractivity contribution < 1.29 is 9.59 Å². The third-order valence-corrected chi connectivity index (χ3v) is 2.92. The molecule has 14 heavy (non-hydrogen) atoms. The molecule has 2 rings (SSSR count). The minimum atomic E-state index is -0.0823. The zero-order chi connectivity index (χ0) is 9.97. The normalized spacial score (nSPS) is 16.6. The number of nitrogens with zero attached hydrogens (tertiary/aromatic N) is 1. The van der Waals surface area contributed by atoms with Gasteiger partial charge in [-0.3, -0.25) is 9.59 Å². The lowest BCUT2D eigenvalue weighted by molar-refractivity contribution is -0.123. The topological polar surface area (TPSA) is 49.4 Å². The maximum absolute atomic E-state index is 11.8. The molecular weight excluding hydrogens is 200 g/mol. The van der Waals surface area contributed by atoms with Crippen molar-refractivity contribution in [2.45, 2.75) is 0 Å². The molecular formula is C9H10N2O2S. The van der Waals surface area contributed by atoms with Crippen molar-refractivity contribution in [1.29, 1.82) is 0 Å². The summed E-state index contributed by atoms with van der Waals surface area (Å²) in [6, 6.07) is 3.61. The van der Waals surface area contributed by atoms with Gasteiger partial charge in [0.15, 0.2) is 0 Å². The third-order valence-electron chi connectivity index (χ3n) is 2.06. The summed E-state index contributed by atoms with van der Waals surface area (Å²) in [5.74, 6) is -0.129. The number of piperazine rings is 1. The smallest absolute Gasteiger partial charge is 0.264 e. The summed E-state index contributed by atoms with van der Waals surface area (Å²) < 4.78 is 0. The number of amides is 2. The summed E-state index contributed by atoms with van der Waals surface area (Å²) >= 11 is 1.40. The molecule has 1 aromatic heterocycles. The lowest BCUT2D eigenvalue weighted by Gasteiger charge is -2.26. The molecule has 0 aromatic carbocycles. The number of thiophene rings is 1. The number of hydrogen-bond acceptors (Lipinski definition) is 3. The van der Waals surface area contributed by atoms with E-state index in [1.54, 1.807) is 11.0 Å². The lowest BCUT2D eigenvalue weighted by Crippen LogP contribution is -2.49. The van der Waals surface area contributed by atoms with Crippen molar-refractivity contribution in [3.05, 3.63) is 22.4 Å². The van der Waals surface area contributed by atoms with E-state index >= 15 is 0 Å². The zero-order valence-corrected chi connectivity index (χ0v) is 8.34. The second-order valence-electron chi connectivity index (χ2n) is 3.05. The minimum Gasteiger partial charge on any atom is -0.353 e. The molecule has 0 spiro atoms. The Kier molecular flexibility index (Phi) is 2.49. The predicted molar refractivity (Wildman–Crippen MR) is 53.2 cm³/mol. The summed E-state index contributed by atoms with van der Waals surface area (Å²) in [5, 5.41) is 4.54. The van der Waals surface area contributed by atoms with E-state index in [-0.39, 0.29) is 18.4 Å². The highest BCUT2D eigenvalue weighted by Gasteiger charge is 2.22. The van der Waals surface area contributed by atoms with Crippen molar-refractivity contribution in [1.82, 2.24) is 10.2 Å². The lowest BCUT2D eigenvalue weighted by atomic mass is 10.3. The van der Waals surface area contributed by atoms with Crippen LogP contribution >= 0.6 is 11.3 Å². The van der Waals surface area contributed by atoms with E-state index in [1.165, 1.54) is 11.3 Å². The van der Waals surface area contributed by atoms with Crippen LogP contribution in [0.2, 0.25) is 0 Å². The quantitative estimate of drug-likeness (QED) is 0.725. The molecule has 1 aliphatic rings. The first-order valence-electron chi connectivity index (χ1n) is 4.37. The molecule has 0 aliphatic carbocycles. The Balaban J connectivity index is 2.08. The highest BCUT2D eigenvalue weighted by molar-refractivity contribution is 7.12. The van der Waals surface area contributed by atoms with Gasteiger partial charge in [0.25, 0.3) is 5.91 Å². The minimum absolute atomic E-state index is 0.0464. The first kappa shape index (κ1) is 9.21. The second kappa shape index (κ2) is 3.79. The van der Waals surface area contributed by atoms with Crippen molar-refractivity contribution >= 4 is 23.2 Å². The molecule has 2 heterocycles. The van der Waals surface area contributed by atoms with Gasteiger partial charge in [0.1, 0.15) is 0 Å². The Hall–Kier alpha value is -1.36. The van der Waals surface area contributed by atoms with Crippen LogP contribution in [-0.4, -0.2) is 36.3 Å². The third kappa shape index (κ3) is 1.77. The Morgan fingerprint density at radius 1 is 1.57 bits per heavy atom. The van der Waals surface area contributed by atoms with Gasteiger partial charge in [0, 0.05) is 13.1 Å². The second-order valence-corrected chi connectivity index (χ2v) is 4.00. The summed E-state index contributed by atoms with van der Waals surface area (Å²) in [4.78, 5) is 25.1. The number of carbonyl (C=O) groups is 2. The molecule has 1 aromatic rings. The van der Waals surface area contributed by atoms with E-state index in [0.29, 0.717) is 18.0 Å². The van der Waals surface area contributed by atoms with Gasteiger partial charge in [-0.1, -0.05) is 6.07 Å². The zero-order valence-electron chi connectivity index (χ0n) is 7.53. The van der Waals surface area contributed by atoms with Gasteiger partial charge in [0.2, 0.25) is 5.91 Å². The highest BCUT2D eigenvalue weighted by Crippen LogP contribution is 2.12. The van der Waals surface area contributed by atoms with Gasteiger partial charge in [0.05, 0.1) is 11.4 Å². The van der Waals surface area contributed by atoms with Gasteiger partial charge < -0.3 is 10.2 Å². The van der Waals surface area contributed by atoms with Crippen molar-refractivity contribution in [2.75, 3.05) is 19.6 Å². The number of hydrogen-bond donors (Lipinski definition) is 1. The van der Waals surface area contributed by atoms with E-state index in [0.717, 1.165) is 0 Å². The molecule has 1 aliphatic heterocycles. The SMILES string of the molecule is O=C1CN(C(=O)c2cccs2)CCN1. The van der Waals surface area contributed by atoms with Crippen LogP contribution in [0.25, 0.3) is 0 Å². The highest BCUT2D eigenvalue weighted by atomic mass is 32.1. The average Bonchev–Trinajstić information content (AvgIpc) is 2.69. The van der Waals surface area contributed by atoms with Gasteiger partial charge in [-0.25, -0.2) is 0 Å². The van der Waals surface area contributed by atoms with Crippen LogP contribution in [0, 0.1) is 0 Å². The van der Waals surface area contributed by atoms with Gasteiger partial charge in [-0.15, -0.1) is 11.3 Å². The molecule has 74 valence electrons.